The second kappa shape index (κ2) is 8.21. The van der Waals surface area contributed by atoms with E-state index in [0.29, 0.717) is 18.9 Å². The lowest BCUT2D eigenvalue weighted by molar-refractivity contribution is 0.159. The molecule has 3 aromatic rings. The lowest BCUT2D eigenvalue weighted by atomic mass is 9.99. The van der Waals surface area contributed by atoms with Crippen LogP contribution in [0.4, 0.5) is 10.5 Å². The molecule has 1 fully saturated rings. The number of aryl methyl sites for hydroxylation is 1. The molecule has 0 saturated carbocycles. The van der Waals surface area contributed by atoms with Gasteiger partial charge in [0.2, 0.25) is 0 Å². The Morgan fingerprint density at radius 3 is 2.86 bits per heavy atom. The van der Waals surface area contributed by atoms with E-state index >= 15 is 0 Å². The second-order valence-corrected chi connectivity index (χ2v) is 6.89. The third kappa shape index (κ3) is 4.19. The summed E-state index contributed by atoms with van der Waals surface area (Å²) in [5.41, 5.74) is 1.53. The van der Waals surface area contributed by atoms with Crippen LogP contribution in [-0.2, 0) is 6.61 Å². The molecule has 3 heterocycles. The number of carbonyl (C=O) groups excluding carboxylic acids is 1. The van der Waals surface area contributed by atoms with Crippen LogP contribution in [0.15, 0.2) is 57.7 Å². The van der Waals surface area contributed by atoms with Crippen LogP contribution in [0.1, 0.15) is 42.5 Å². The zero-order valence-electron chi connectivity index (χ0n) is 15.8. The van der Waals surface area contributed by atoms with Gasteiger partial charge in [-0.15, -0.1) is 0 Å². The maximum Gasteiger partial charge on any atom is 0.322 e. The summed E-state index contributed by atoms with van der Waals surface area (Å²) in [6, 6.07) is 12.7. The minimum absolute atomic E-state index is 0.0536. The van der Waals surface area contributed by atoms with Crippen molar-refractivity contribution in [3.63, 3.8) is 0 Å². The van der Waals surface area contributed by atoms with Crippen molar-refractivity contribution in [3.8, 4) is 5.75 Å². The molecule has 0 radical (unpaired) electrons. The number of amides is 2. The highest BCUT2D eigenvalue weighted by Gasteiger charge is 2.30. The normalized spacial score (nSPS) is 16.8. The van der Waals surface area contributed by atoms with E-state index in [4.69, 9.17) is 13.7 Å². The molecule has 0 spiro atoms. The van der Waals surface area contributed by atoms with Gasteiger partial charge in [-0.2, -0.15) is 0 Å². The maximum atomic E-state index is 12.8. The molecule has 1 aromatic carbocycles. The summed E-state index contributed by atoms with van der Waals surface area (Å²) in [5, 5.41) is 7.08. The van der Waals surface area contributed by atoms with E-state index in [2.05, 4.69) is 10.5 Å². The molecule has 2 aromatic heterocycles. The fourth-order valence-electron chi connectivity index (χ4n) is 3.40. The topological polar surface area (TPSA) is 80.7 Å². The standard InChI is InChI=1S/C21H23N3O4/c1-15-13-19(23-28-15)20-6-2-3-11-24(20)21(25)22-16-7-9-17(10-8-16)27-14-18-5-4-12-26-18/h4-5,7-10,12-13,20H,2-3,6,11,14H2,1H3,(H,22,25)/t20-/m1/s1. The lowest BCUT2D eigenvalue weighted by Crippen LogP contribution is -2.41. The summed E-state index contributed by atoms with van der Waals surface area (Å²) < 4.78 is 16.1. The average molecular weight is 381 g/mol. The molecule has 1 aliphatic heterocycles. The number of anilines is 1. The van der Waals surface area contributed by atoms with Gasteiger partial charge in [0.05, 0.1) is 12.3 Å². The van der Waals surface area contributed by atoms with Gasteiger partial charge in [0.15, 0.2) is 0 Å². The fraction of sp³-hybridized carbons (Fsp3) is 0.333. The Morgan fingerprint density at radius 2 is 2.14 bits per heavy atom. The van der Waals surface area contributed by atoms with Gasteiger partial charge in [-0.25, -0.2) is 4.79 Å². The summed E-state index contributed by atoms with van der Waals surface area (Å²) in [4.78, 5) is 14.7. The molecule has 28 heavy (non-hydrogen) atoms. The Hall–Kier alpha value is -3.22. The van der Waals surface area contributed by atoms with Gasteiger partial charge in [0.1, 0.15) is 29.6 Å². The van der Waals surface area contributed by atoms with Crippen molar-refractivity contribution in [2.24, 2.45) is 0 Å². The summed E-state index contributed by atoms with van der Waals surface area (Å²) in [6.45, 7) is 2.93. The van der Waals surface area contributed by atoms with Crippen LogP contribution in [0, 0.1) is 6.92 Å². The van der Waals surface area contributed by atoms with Crippen LogP contribution in [0.2, 0.25) is 0 Å². The molecule has 146 valence electrons. The first kappa shape index (κ1) is 18.2. The molecule has 7 heteroatoms. The highest BCUT2D eigenvalue weighted by molar-refractivity contribution is 5.89. The number of piperidine rings is 1. The third-order valence-electron chi connectivity index (χ3n) is 4.82. The predicted molar refractivity (Wildman–Crippen MR) is 103 cm³/mol. The number of rotatable bonds is 5. The van der Waals surface area contributed by atoms with Gasteiger partial charge < -0.3 is 23.9 Å². The summed E-state index contributed by atoms with van der Waals surface area (Å²) >= 11 is 0. The number of urea groups is 1. The molecule has 0 bridgehead atoms. The monoisotopic (exact) mass is 381 g/mol. The molecule has 7 nitrogen and oxygen atoms in total. The zero-order valence-corrected chi connectivity index (χ0v) is 15.8. The molecular formula is C21H23N3O4. The van der Waals surface area contributed by atoms with Crippen LogP contribution in [0.3, 0.4) is 0 Å². The summed E-state index contributed by atoms with van der Waals surface area (Å²) in [7, 11) is 0. The van der Waals surface area contributed by atoms with Gasteiger partial charge in [-0.3, -0.25) is 0 Å². The number of nitrogens with zero attached hydrogens (tertiary/aromatic N) is 2. The second-order valence-electron chi connectivity index (χ2n) is 6.89. The van der Waals surface area contributed by atoms with Crippen molar-refractivity contribution < 1.29 is 18.5 Å². The van der Waals surface area contributed by atoms with Gasteiger partial charge in [0, 0.05) is 18.3 Å². The van der Waals surface area contributed by atoms with Crippen molar-refractivity contribution in [1.29, 1.82) is 0 Å². The molecule has 1 atom stereocenters. The minimum Gasteiger partial charge on any atom is -0.486 e. The Kier molecular flexibility index (Phi) is 5.32. The van der Waals surface area contributed by atoms with Crippen molar-refractivity contribution in [2.75, 3.05) is 11.9 Å². The maximum absolute atomic E-state index is 12.8. The number of benzene rings is 1. The van der Waals surface area contributed by atoms with E-state index in [0.717, 1.165) is 42.2 Å². The number of likely N-dealkylation sites (tertiary alicyclic amines) is 1. The summed E-state index contributed by atoms with van der Waals surface area (Å²) in [5.74, 6) is 2.23. The quantitative estimate of drug-likeness (QED) is 0.679. The highest BCUT2D eigenvalue weighted by Crippen LogP contribution is 2.31. The van der Waals surface area contributed by atoms with Crippen LogP contribution < -0.4 is 10.1 Å². The molecule has 4 rings (SSSR count). The molecule has 0 unspecified atom stereocenters. The third-order valence-corrected chi connectivity index (χ3v) is 4.82. The largest absolute Gasteiger partial charge is 0.486 e. The smallest absolute Gasteiger partial charge is 0.322 e. The van der Waals surface area contributed by atoms with E-state index in [1.807, 2.05) is 54.3 Å². The first-order valence-corrected chi connectivity index (χ1v) is 9.45. The van der Waals surface area contributed by atoms with E-state index in [9.17, 15) is 4.79 Å². The molecule has 1 saturated heterocycles. The molecular weight excluding hydrogens is 358 g/mol. The van der Waals surface area contributed by atoms with Crippen LogP contribution >= 0.6 is 0 Å². The van der Waals surface area contributed by atoms with E-state index < -0.39 is 0 Å². The van der Waals surface area contributed by atoms with Crippen molar-refractivity contribution in [2.45, 2.75) is 38.8 Å². The predicted octanol–water partition coefficient (Wildman–Crippen LogP) is 4.91. The molecule has 2 amide bonds. The highest BCUT2D eigenvalue weighted by atomic mass is 16.5. The van der Waals surface area contributed by atoms with Crippen LogP contribution in [0.5, 0.6) is 5.75 Å². The first-order chi connectivity index (χ1) is 13.7. The Balaban J connectivity index is 1.38. The SMILES string of the molecule is Cc1cc([C@H]2CCCCN2C(=O)Nc2ccc(OCc3ccco3)cc2)no1. The minimum atomic E-state index is -0.130. The van der Waals surface area contributed by atoms with E-state index in [1.54, 1.807) is 6.26 Å². The van der Waals surface area contributed by atoms with E-state index in [-0.39, 0.29) is 12.1 Å². The van der Waals surface area contributed by atoms with Gasteiger partial charge in [-0.05, 0) is 62.6 Å². The number of hydrogen-bond acceptors (Lipinski definition) is 5. The zero-order chi connectivity index (χ0) is 19.3. The molecule has 0 aliphatic carbocycles. The summed E-state index contributed by atoms with van der Waals surface area (Å²) in [6.07, 6.45) is 4.56. The number of furan rings is 1. The van der Waals surface area contributed by atoms with E-state index in [1.165, 1.54) is 0 Å². The van der Waals surface area contributed by atoms with Crippen molar-refractivity contribution in [1.82, 2.24) is 10.1 Å². The molecule has 1 aliphatic rings. The Morgan fingerprint density at radius 1 is 1.29 bits per heavy atom. The Bertz CT molecular complexity index is 902. The molecule has 1 N–H and O–H groups in total. The number of hydrogen-bond donors (Lipinski definition) is 1. The van der Waals surface area contributed by atoms with Crippen LogP contribution in [-0.4, -0.2) is 22.6 Å². The van der Waals surface area contributed by atoms with Gasteiger partial charge in [0.25, 0.3) is 0 Å². The number of carbonyl (C=O) groups is 1. The van der Waals surface area contributed by atoms with Crippen LogP contribution in [0.25, 0.3) is 0 Å². The fourth-order valence-corrected chi connectivity index (χ4v) is 3.40. The number of ether oxygens (including phenoxy) is 1. The average Bonchev–Trinajstić information content (AvgIpc) is 3.39. The van der Waals surface area contributed by atoms with Crippen molar-refractivity contribution in [3.05, 3.63) is 65.9 Å². The van der Waals surface area contributed by atoms with Gasteiger partial charge in [-0.1, -0.05) is 5.16 Å². The number of aromatic nitrogens is 1. The number of nitrogens with one attached hydrogen (secondary N) is 1. The van der Waals surface area contributed by atoms with Gasteiger partial charge >= 0.3 is 6.03 Å². The van der Waals surface area contributed by atoms with Crippen molar-refractivity contribution >= 4 is 11.7 Å². The lowest BCUT2D eigenvalue weighted by Gasteiger charge is -2.34. The first-order valence-electron chi connectivity index (χ1n) is 9.45. The Labute approximate surface area is 163 Å².